The molecule has 0 aromatic rings. The molecule has 0 bridgehead atoms. The fraction of sp³-hybridized carbons (Fsp3) is 0.909. The van der Waals surface area contributed by atoms with Crippen molar-refractivity contribution in [3.63, 3.8) is 0 Å². The zero-order chi connectivity index (χ0) is 11.5. The Morgan fingerprint density at radius 1 is 1.27 bits per heavy atom. The number of hydrogen-bond donors (Lipinski definition) is 2. The van der Waals surface area contributed by atoms with Crippen molar-refractivity contribution < 1.29 is 4.79 Å². The maximum atomic E-state index is 11.5. The van der Waals surface area contributed by atoms with Crippen LogP contribution >= 0.6 is 0 Å². The van der Waals surface area contributed by atoms with Gasteiger partial charge in [0.25, 0.3) is 0 Å². The molecule has 0 aromatic carbocycles. The van der Waals surface area contributed by atoms with Gasteiger partial charge in [0.2, 0.25) is 0 Å². The molecule has 4 nitrogen and oxygen atoms in total. The molecule has 0 aliphatic carbocycles. The number of nitrogens with one attached hydrogen (secondary N) is 1. The van der Waals surface area contributed by atoms with Crippen molar-refractivity contribution in [3.8, 4) is 0 Å². The summed E-state index contributed by atoms with van der Waals surface area (Å²) in [5, 5.41) is 2.89. The number of urea groups is 1. The molecule has 2 amide bonds. The van der Waals surface area contributed by atoms with Crippen LogP contribution < -0.4 is 11.1 Å². The molecule has 0 rings (SSSR count). The Morgan fingerprint density at radius 3 is 2.60 bits per heavy atom. The summed E-state index contributed by atoms with van der Waals surface area (Å²) < 4.78 is 0. The second-order valence-electron chi connectivity index (χ2n) is 3.86. The molecule has 0 radical (unpaired) electrons. The highest BCUT2D eigenvalue weighted by atomic mass is 16.2. The molecule has 0 saturated carbocycles. The molecule has 0 unspecified atom stereocenters. The first-order valence-corrected chi connectivity index (χ1v) is 5.91. The van der Waals surface area contributed by atoms with Crippen LogP contribution in [0.2, 0.25) is 0 Å². The molecular formula is C11H25N3O. The minimum absolute atomic E-state index is 0.0381. The summed E-state index contributed by atoms with van der Waals surface area (Å²) >= 11 is 0. The first kappa shape index (κ1) is 14.2. The van der Waals surface area contributed by atoms with Gasteiger partial charge in [-0.3, -0.25) is 0 Å². The Morgan fingerprint density at radius 2 is 2.00 bits per heavy atom. The van der Waals surface area contributed by atoms with Crippen LogP contribution in [0.5, 0.6) is 0 Å². The van der Waals surface area contributed by atoms with Gasteiger partial charge in [-0.25, -0.2) is 4.79 Å². The average molecular weight is 215 g/mol. The Hall–Kier alpha value is -0.770. The van der Waals surface area contributed by atoms with Crippen LogP contribution in [0.1, 0.15) is 39.0 Å². The molecule has 0 fully saturated rings. The zero-order valence-corrected chi connectivity index (χ0v) is 10.1. The highest BCUT2D eigenvalue weighted by Gasteiger charge is 2.05. The summed E-state index contributed by atoms with van der Waals surface area (Å²) in [6, 6.07) is 0.0381. The zero-order valence-electron chi connectivity index (χ0n) is 10.1. The van der Waals surface area contributed by atoms with E-state index in [1.807, 2.05) is 7.05 Å². The number of unbranched alkanes of at least 4 members (excludes halogenated alkanes) is 3. The number of nitrogens with two attached hydrogens (primary N) is 1. The molecule has 0 aromatic heterocycles. The van der Waals surface area contributed by atoms with E-state index < -0.39 is 0 Å². The SMILES string of the molecule is CCCCNC(=O)N(C)CCCCCN. The van der Waals surface area contributed by atoms with Crippen molar-refractivity contribution in [1.29, 1.82) is 0 Å². The van der Waals surface area contributed by atoms with Crippen molar-refractivity contribution in [1.82, 2.24) is 10.2 Å². The predicted octanol–water partition coefficient (Wildman–Crippen LogP) is 1.56. The van der Waals surface area contributed by atoms with E-state index in [0.29, 0.717) is 0 Å². The largest absolute Gasteiger partial charge is 0.338 e. The van der Waals surface area contributed by atoms with Gasteiger partial charge in [0.15, 0.2) is 0 Å². The summed E-state index contributed by atoms with van der Waals surface area (Å²) in [7, 11) is 1.84. The smallest absolute Gasteiger partial charge is 0.317 e. The summed E-state index contributed by atoms with van der Waals surface area (Å²) in [6.07, 6.45) is 5.34. The maximum Gasteiger partial charge on any atom is 0.317 e. The van der Waals surface area contributed by atoms with Gasteiger partial charge < -0.3 is 16.0 Å². The van der Waals surface area contributed by atoms with Crippen LogP contribution in [0.4, 0.5) is 4.79 Å². The quantitative estimate of drug-likeness (QED) is 0.604. The third-order valence-corrected chi connectivity index (χ3v) is 2.35. The Labute approximate surface area is 93.2 Å². The van der Waals surface area contributed by atoms with Gasteiger partial charge in [-0.15, -0.1) is 0 Å². The van der Waals surface area contributed by atoms with Crippen molar-refractivity contribution in [2.45, 2.75) is 39.0 Å². The fourth-order valence-electron chi connectivity index (χ4n) is 1.28. The highest BCUT2D eigenvalue weighted by molar-refractivity contribution is 5.73. The van der Waals surface area contributed by atoms with E-state index in [1.165, 1.54) is 0 Å². The summed E-state index contributed by atoms with van der Waals surface area (Å²) in [4.78, 5) is 13.2. The molecule has 90 valence electrons. The third-order valence-electron chi connectivity index (χ3n) is 2.35. The van der Waals surface area contributed by atoms with Crippen molar-refractivity contribution in [2.24, 2.45) is 5.73 Å². The van der Waals surface area contributed by atoms with Gasteiger partial charge in [-0.05, 0) is 25.8 Å². The molecule has 4 heteroatoms. The van der Waals surface area contributed by atoms with E-state index in [1.54, 1.807) is 4.90 Å². The van der Waals surface area contributed by atoms with E-state index in [-0.39, 0.29) is 6.03 Å². The van der Waals surface area contributed by atoms with E-state index in [0.717, 1.165) is 51.7 Å². The van der Waals surface area contributed by atoms with Crippen LogP contribution in [-0.4, -0.2) is 37.6 Å². The first-order valence-electron chi connectivity index (χ1n) is 5.91. The van der Waals surface area contributed by atoms with Crippen LogP contribution in [0.3, 0.4) is 0 Å². The molecule has 0 heterocycles. The number of amides is 2. The standard InChI is InChI=1S/C11H25N3O/c1-3-4-9-13-11(15)14(2)10-7-5-6-8-12/h3-10,12H2,1-2H3,(H,13,15). The van der Waals surface area contributed by atoms with Crippen LogP contribution in [0.15, 0.2) is 0 Å². The third kappa shape index (κ3) is 8.24. The second kappa shape index (κ2) is 9.77. The number of nitrogens with zero attached hydrogens (tertiary/aromatic N) is 1. The molecule has 0 spiro atoms. The average Bonchev–Trinajstić information content (AvgIpc) is 2.24. The number of carbonyl (C=O) groups excluding carboxylic acids is 1. The fourth-order valence-corrected chi connectivity index (χ4v) is 1.28. The van der Waals surface area contributed by atoms with Gasteiger partial charge in [0.05, 0.1) is 0 Å². The number of carbonyl (C=O) groups is 1. The lowest BCUT2D eigenvalue weighted by Crippen LogP contribution is -2.38. The van der Waals surface area contributed by atoms with Gasteiger partial charge in [0.1, 0.15) is 0 Å². The lowest BCUT2D eigenvalue weighted by Gasteiger charge is -2.17. The molecule has 0 aliphatic heterocycles. The molecular weight excluding hydrogens is 190 g/mol. The van der Waals surface area contributed by atoms with Gasteiger partial charge in [0, 0.05) is 20.1 Å². The highest BCUT2D eigenvalue weighted by Crippen LogP contribution is 1.96. The Kier molecular flexibility index (Phi) is 9.27. The van der Waals surface area contributed by atoms with Crippen molar-refractivity contribution in [2.75, 3.05) is 26.7 Å². The van der Waals surface area contributed by atoms with Crippen molar-refractivity contribution >= 4 is 6.03 Å². The molecule has 15 heavy (non-hydrogen) atoms. The summed E-state index contributed by atoms with van der Waals surface area (Å²) in [6.45, 7) is 4.45. The minimum Gasteiger partial charge on any atom is -0.338 e. The van der Waals surface area contributed by atoms with E-state index in [4.69, 9.17) is 5.73 Å². The Balaban J connectivity index is 3.42. The Bertz CT molecular complexity index is 162. The van der Waals surface area contributed by atoms with Gasteiger partial charge in [-0.2, -0.15) is 0 Å². The van der Waals surface area contributed by atoms with E-state index in [2.05, 4.69) is 12.2 Å². The van der Waals surface area contributed by atoms with Crippen LogP contribution in [0.25, 0.3) is 0 Å². The normalized spacial score (nSPS) is 10.1. The maximum absolute atomic E-state index is 11.5. The minimum atomic E-state index is 0.0381. The number of hydrogen-bond acceptors (Lipinski definition) is 2. The van der Waals surface area contributed by atoms with Crippen LogP contribution in [0, 0.1) is 0 Å². The van der Waals surface area contributed by atoms with Gasteiger partial charge >= 0.3 is 6.03 Å². The van der Waals surface area contributed by atoms with E-state index in [9.17, 15) is 4.79 Å². The monoisotopic (exact) mass is 215 g/mol. The summed E-state index contributed by atoms with van der Waals surface area (Å²) in [5.41, 5.74) is 5.39. The second-order valence-corrected chi connectivity index (χ2v) is 3.86. The molecule has 0 saturated heterocycles. The van der Waals surface area contributed by atoms with Gasteiger partial charge in [-0.1, -0.05) is 19.8 Å². The molecule has 3 N–H and O–H groups in total. The molecule has 0 aliphatic rings. The van der Waals surface area contributed by atoms with Crippen LogP contribution in [-0.2, 0) is 0 Å². The van der Waals surface area contributed by atoms with Crippen molar-refractivity contribution in [3.05, 3.63) is 0 Å². The lowest BCUT2D eigenvalue weighted by molar-refractivity contribution is 0.208. The number of rotatable bonds is 8. The topological polar surface area (TPSA) is 58.4 Å². The predicted molar refractivity (Wildman–Crippen MR) is 63.8 cm³/mol. The first-order chi connectivity index (χ1) is 7.22. The van der Waals surface area contributed by atoms with E-state index >= 15 is 0 Å². The summed E-state index contributed by atoms with van der Waals surface area (Å²) in [5.74, 6) is 0. The lowest BCUT2D eigenvalue weighted by atomic mass is 10.2. The molecule has 0 atom stereocenters.